The van der Waals surface area contributed by atoms with Gasteiger partial charge in [-0.15, -0.1) is 0 Å². The van der Waals surface area contributed by atoms with Gasteiger partial charge in [-0.3, -0.25) is 9.59 Å². The van der Waals surface area contributed by atoms with Crippen molar-refractivity contribution in [3.05, 3.63) is 0 Å². The number of ether oxygens (including phenoxy) is 2. The second-order valence-electron chi connectivity index (χ2n) is 6.66. The molecule has 8 heteroatoms. The van der Waals surface area contributed by atoms with E-state index in [-0.39, 0.29) is 18.6 Å². The molecular weight excluding hydrogens is 356 g/mol. The van der Waals surface area contributed by atoms with Crippen LogP contribution in [0.25, 0.3) is 0 Å². The molecule has 2 aliphatic rings. The van der Waals surface area contributed by atoms with Gasteiger partial charge in [0.15, 0.2) is 12.2 Å². The fourth-order valence-corrected chi connectivity index (χ4v) is 3.85. The maximum atomic E-state index is 13.0. The molecule has 2 rings (SSSR count). The van der Waals surface area contributed by atoms with E-state index in [1.165, 1.54) is 0 Å². The SMILES string of the molecule is CCOC(=O)[C@H]1O[C@@H]1C(=O)N[C@@H](CCSC)C(=O)N1CCCCC1CC. The minimum Gasteiger partial charge on any atom is -0.464 e. The average molecular weight is 387 g/mol. The Balaban J connectivity index is 1.97. The molecule has 0 aromatic rings. The predicted molar refractivity (Wildman–Crippen MR) is 99.9 cm³/mol. The average Bonchev–Trinajstić information content (AvgIpc) is 3.45. The Hall–Kier alpha value is -1.28. The first-order chi connectivity index (χ1) is 12.5. The molecule has 0 radical (unpaired) electrons. The number of rotatable bonds is 9. The van der Waals surface area contributed by atoms with Gasteiger partial charge in [-0.05, 0) is 51.0 Å². The summed E-state index contributed by atoms with van der Waals surface area (Å²) in [7, 11) is 0. The quantitative estimate of drug-likeness (QED) is 0.475. The molecule has 2 fully saturated rings. The minimum atomic E-state index is -0.845. The van der Waals surface area contributed by atoms with E-state index in [4.69, 9.17) is 9.47 Å². The van der Waals surface area contributed by atoms with E-state index in [2.05, 4.69) is 12.2 Å². The van der Waals surface area contributed by atoms with Gasteiger partial charge in [0.25, 0.3) is 5.91 Å². The number of carbonyl (C=O) groups is 3. The normalized spacial score (nSPS) is 26.1. The topological polar surface area (TPSA) is 88.2 Å². The third-order valence-electron chi connectivity index (χ3n) is 4.88. The Labute approximate surface area is 159 Å². The first kappa shape index (κ1) is 21.0. The fraction of sp³-hybridized carbons (Fsp3) is 0.833. The largest absolute Gasteiger partial charge is 0.464 e. The molecule has 1 unspecified atom stereocenters. The number of esters is 1. The number of carbonyl (C=O) groups excluding carboxylic acids is 3. The van der Waals surface area contributed by atoms with E-state index < -0.39 is 30.1 Å². The summed E-state index contributed by atoms with van der Waals surface area (Å²) in [5, 5.41) is 2.81. The van der Waals surface area contributed by atoms with E-state index in [0.29, 0.717) is 6.42 Å². The highest BCUT2D eigenvalue weighted by Gasteiger charge is 2.52. The highest BCUT2D eigenvalue weighted by molar-refractivity contribution is 7.98. The van der Waals surface area contributed by atoms with Crippen molar-refractivity contribution in [1.29, 1.82) is 0 Å². The maximum absolute atomic E-state index is 13.0. The van der Waals surface area contributed by atoms with Gasteiger partial charge < -0.3 is 19.7 Å². The molecule has 1 N–H and O–H groups in total. The lowest BCUT2D eigenvalue weighted by Crippen LogP contribution is -2.54. The van der Waals surface area contributed by atoms with E-state index in [0.717, 1.165) is 38.0 Å². The van der Waals surface area contributed by atoms with Gasteiger partial charge in [-0.25, -0.2) is 4.79 Å². The standard InChI is InChI=1S/C18H30N2O5S/c1-4-12-8-6-7-10-20(12)17(22)13(9-11-26-3)19-16(21)14-15(25-14)18(23)24-5-2/h12-15H,4-11H2,1-3H3,(H,19,21)/t12?,13-,14-,15-/m0/s1. The smallest absolute Gasteiger partial charge is 0.338 e. The summed E-state index contributed by atoms with van der Waals surface area (Å²) in [5.41, 5.74) is 0. The van der Waals surface area contributed by atoms with Crippen molar-refractivity contribution < 1.29 is 23.9 Å². The molecule has 0 bridgehead atoms. The number of nitrogens with one attached hydrogen (secondary N) is 1. The van der Waals surface area contributed by atoms with Crippen LogP contribution in [0.3, 0.4) is 0 Å². The molecule has 0 aromatic carbocycles. The molecule has 2 heterocycles. The number of nitrogens with zero attached hydrogens (tertiary/aromatic N) is 1. The molecule has 0 spiro atoms. The van der Waals surface area contributed by atoms with Crippen molar-refractivity contribution in [1.82, 2.24) is 10.2 Å². The predicted octanol–water partition coefficient (Wildman–Crippen LogP) is 1.35. The van der Waals surface area contributed by atoms with Gasteiger partial charge in [0.05, 0.1) is 6.61 Å². The zero-order chi connectivity index (χ0) is 19.1. The molecule has 0 aliphatic carbocycles. The number of thioether (sulfide) groups is 1. The molecule has 0 aromatic heterocycles. The Bertz CT molecular complexity index is 516. The van der Waals surface area contributed by atoms with Crippen LogP contribution in [-0.2, 0) is 23.9 Å². The highest BCUT2D eigenvalue weighted by atomic mass is 32.2. The Kier molecular flexibility index (Phi) is 8.21. The molecule has 2 saturated heterocycles. The van der Waals surface area contributed by atoms with Crippen molar-refractivity contribution in [2.45, 2.75) is 70.2 Å². The number of piperidine rings is 1. The molecule has 2 amide bonds. The van der Waals surface area contributed by atoms with E-state index in [1.807, 2.05) is 11.2 Å². The first-order valence-corrected chi connectivity index (χ1v) is 10.8. The summed E-state index contributed by atoms with van der Waals surface area (Å²) in [6, 6.07) is -0.330. The van der Waals surface area contributed by atoms with Crippen LogP contribution in [-0.4, -0.2) is 72.1 Å². The van der Waals surface area contributed by atoms with Gasteiger partial charge in [0.1, 0.15) is 6.04 Å². The fourth-order valence-electron chi connectivity index (χ4n) is 3.38. The molecular formula is C18H30N2O5S. The van der Waals surface area contributed by atoms with Crippen LogP contribution in [0.5, 0.6) is 0 Å². The van der Waals surface area contributed by atoms with Gasteiger partial charge in [0.2, 0.25) is 5.91 Å². The van der Waals surface area contributed by atoms with Crippen LogP contribution in [0.1, 0.15) is 46.0 Å². The summed E-state index contributed by atoms with van der Waals surface area (Å²) in [6.07, 6.45) is 4.93. The summed E-state index contributed by atoms with van der Waals surface area (Å²) in [6.45, 7) is 4.78. The third kappa shape index (κ3) is 5.36. The van der Waals surface area contributed by atoms with Crippen molar-refractivity contribution in [2.24, 2.45) is 0 Å². The van der Waals surface area contributed by atoms with Crippen molar-refractivity contribution in [3.8, 4) is 0 Å². The maximum Gasteiger partial charge on any atom is 0.338 e. The van der Waals surface area contributed by atoms with E-state index in [9.17, 15) is 14.4 Å². The minimum absolute atomic E-state index is 0.0210. The van der Waals surface area contributed by atoms with E-state index >= 15 is 0 Å². The van der Waals surface area contributed by atoms with E-state index in [1.54, 1.807) is 18.7 Å². The lowest BCUT2D eigenvalue weighted by atomic mass is 9.98. The number of epoxide rings is 1. The number of likely N-dealkylation sites (tertiary alicyclic amines) is 1. The van der Waals surface area contributed by atoms with Crippen molar-refractivity contribution >= 4 is 29.5 Å². The highest BCUT2D eigenvalue weighted by Crippen LogP contribution is 2.25. The van der Waals surface area contributed by atoms with Gasteiger partial charge in [-0.1, -0.05) is 6.92 Å². The van der Waals surface area contributed by atoms with Crippen LogP contribution in [0.2, 0.25) is 0 Å². The van der Waals surface area contributed by atoms with Crippen LogP contribution in [0, 0.1) is 0 Å². The Morgan fingerprint density at radius 3 is 2.69 bits per heavy atom. The number of hydrogen-bond acceptors (Lipinski definition) is 6. The van der Waals surface area contributed by atoms with Crippen molar-refractivity contribution in [2.75, 3.05) is 25.2 Å². The number of hydrogen-bond donors (Lipinski definition) is 1. The summed E-state index contributed by atoms with van der Waals surface area (Å²) < 4.78 is 10.0. The lowest BCUT2D eigenvalue weighted by Gasteiger charge is -2.37. The lowest BCUT2D eigenvalue weighted by molar-refractivity contribution is -0.144. The van der Waals surface area contributed by atoms with Crippen LogP contribution >= 0.6 is 11.8 Å². The van der Waals surface area contributed by atoms with Gasteiger partial charge in [0, 0.05) is 12.6 Å². The second-order valence-corrected chi connectivity index (χ2v) is 7.65. The first-order valence-electron chi connectivity index (χ1n) is 9.45. The molecule has 7 nitrogen and oxygen atoms in total. The Morgan fingerprint density at radius 1 is 1.27 bits per heavy atom. The molecule has 148 valence electrons. The molecule has 2 aliphatic heterocycles. The zero-order valence-electron chi connectivity index (χ0n) is 15.9. The van der Waals surface area contributed by atoms with Gasteiger partial charge >= 0.3 is 5.97 Å². The molecule has 4 atom stereocenters. The zero-order valence-corrected chi connectivity index (χ0v) is 16.7. The summed E-state index contributed by atoms with van der Waals surface area (Å²) in [5.74, 6) is -0.185. The summed E-state index contributed by atoms with van der Waals surface area (Å²) >= 11 is 1.64. The van der Waals surface area contributed by atoms with Gasteiger partial charge in [-0.2, -0.15) is 11.8 Å². The summed E-state index contributed by atoms with van der Waals surface area (Å²) in [4.78, 5) is 39.0. The third-order valence-corrected chi connectivity index (χ3v) is 5.52. The van der Waals surface area contributed by atoms with Crippen LogP contribution < -0.4 is 5.32 Å². The van der Waals surface area contributed by atoms with Crippen LogP contribution in [0.15, 0.2) is 0 Å². The Morgan fingerprint density at radius 2 is 2.04 bits per heavy atom. The monoisotopic (exact) mass is 386 g/mol. The second kappa shape index (κ2) is 10.2. The van der Waals surface area contributed by atoms with Crippen molar-refractivity contribution in [3.63, 3.8) is 0 Å². The molecule has 0 saturated carbocycles. The van der Waals surface area contributed by atoms with Crippen LogP contribution in [0.4, 0.5) is 0 Å². The molecule has 26 heavy (non-hydrogen) atoms. The number of amides is 2.